The smallest absolute Gasteiger partial charge is 0.250 e. The van der Waals surface area contributed by atoms with Gasteiger partial charge in [0.05, 0.1) is 6.54 Å². The summed E-state index contributed by atoms with van der Waals surface area (Å²) in [5.74, 6) is -0.249. The van der Waals surface area contributed by atoms with Crippen molar-refractivity contribution < 1.29 is 13.2 Å². The van der Waals surface area contributed by atoms with Crippen LogP contribution in [0.25, 0.3) is 0 Å². The SMILES string of the molecule is O=C(CNS(=O)(=O)c1cccs1)NC1CCCCCCC1. The molecule has 7 heteroatoms. The number of rotatable bonds is 5. The van der Waals surface area contributed by atoms with Crippen LogP contribution in [0.4, 0.5) is 0 Å². The van der Waals surface area contributed by atoms with E-state index in [4.69, 9.17) is 0 Å². The lowest BCUT2D eigenvalue weighted by Gasteiger charge is -2.21. The lowest BCUT2D eigenvalue weighted by Crippen LogP contribution is -2.42. The van der Waals surface area contributed by atoms with Gasteiger partial charge in [-0.2, -0.15) is 0 Å². The summed E-state index contributed by atoms with van der Waals surface area (Å²) in [6.07, 6.45) is 7.96. The van der Waals surface area contributed by atoms with Crippen molar-refractivity contribution in [1.29, 1.82) is 0 Å². The Bertz CT molecular complexity index is 533. The number of nitrogens with one attached hydrogen (secondary N) is 2. The van der Waals surface area contributed by atoms with Gasteiger partial charge in [-0.3, -0.25) is 4.79 Å². The van der Waals surface area contributed by atoms with Crippen molar-refractivity contribution in [2.45, 2.75) is 55.2 Å². The highest BCUT2D eigenvalue weighted by atomic mass is 32.2. The van der Waals surface area contributed by atoms with Crippen molar-refractivity contribution in [1.82, 2.24) is 10.0 Å². The normalized spacial score (nSPS) is 17.9. The molecule has 0 saturated heterocycles. The highest BCUT2D eigenvalue weighted by Gasteiger charge is 2.18. The van der Waals surface area contributed by atoms with Gasteiger partial charge in [0, 0.05) is 6.04 Å². The van der Waals surface area contributed by atoms with Crippen LogP contribution in [0.3, 0.4) is 0 Å². The number of sulfonamides is 1. The topological polar surface area (TPSA) is 75.3 Å². The molecule has 2 rings (SSSR count). The molecule has 1 saturated carbocycles. The zero-order valence-corrected chi connectivity index (χ0v) is 13.6. The summed E-state index contributed by atoms with van der Waals surface area (Å²) in [4.78, 5) is 11.9. The van der Waals surface area contributed by atoms with Gasteiger partial charge in [-0.05, 0) is 24.3 Å². The average molecular weight is 330 g/mol. The van der Waals surface area contributed by atoms with E-state index in [1.807, 2.05) is 0 Å². The largest absolute Gasteiger partial charge is 0.352 e. The van der Waals surface area contributed by atoms with Crippen molar-refractivity contribution in [2.75, 3.05) is 6.54 Å². The summed E-state index contributed by atoms with van der Waals surface area (Å²) in [5, 5.41) is 4.64. The lowest BCUT2D eigenvalue weighted by atomic mass is 9.97. The van der Waals surface area contributed by atoms with Gasteiger partial charge < -0.3 is 5.32 Å². The minimum absolute atomic E-state index is 0.184. The Kier molecular flexibility index (Phi) is 6.20. The number of hydrogen-bond donors (Lipinski definition) is 2. The number of carbonyl (C=O) groups excluding carboxylic acids is 1. The van der Waals surface area contributed by atoms with Crippen LogP contribution >= 0.6 is 11.3 Å². The van der Waals surface area contributed by atoms with E-state index < -0.39 is 10.0 Å². The minimum atomic E-state index is -3.56. The highest BCUT2D eigenvalue weighted by Crippen LogP contribution is 2.17. The van der Waals surface area contributed by atoms with E-state index in [2.05, 4.69) is 10.0 Å². The Morgan fingerprint density at radius 2 is 1.86 bits per heavy atom. The fourth-order valence-corrected chi connectivity index (χ4v) is 4.55. The van der Waals surface area contributed by atoms with Gasteiger partial charge in [0.15, 0.2) is 0 Å². The minimum Gasteiger partial charge on any atom is -0.352 e. The van der Waals surface area contributed by atoms with Gasteiger partial charge in [-0.15, -0.1) is 11.3 Å². The Morgan fingerprint density at radius 1 is 1.19 bits per heavy atom. The second kappa shape index (κ2) is 7.91. The van der Waals surface area contributed by atoms with Crippen LogP contribution in [-0.2, 0) is 14.8 Å². The van der Waals surface area contributed by atoms with Crippen LogP contribution < -0.4 is 10.0 Å². The van der Waals surface area contributed by atoms with E-state index >= 15 is 0 Å². The molecule has 1 fully saturated rings. The average Bonchev–Trinajstić information content (AvgIpc) is 2.94. The van der Waals surface area contributed by atoms with E-state index in [0.29, 0.717) is 0 Å². The number of thiophene rings is 1. The second-order valence-electron chi connectivity index (χ2n) is 5.37. The first-order valence-corrected chi connectivity index (χ1v) is 9.77. The molecule has 0 atom stereocenters. The summed E-state index contributed by atoms with van der Waals surface area (Å²) in [6.45, 7) is -0.198. The molecule has 1 heterocycles. The molecule has 0 bridgehead atoms. The predicted molar refractivity (Wildman–Crippen MR) is 83.8 cm³/mol. The molecule has 21 heavy (non-hydrogen) atoms. The molecule has 118 valence electrons. The number of amides is 1. The predicted octanol–water partition coefficient (Wildman–Crippen LogP) is 2.26. The third kappa shape index (κ3) is 5.41. The molecular formula is C14H22N2O3S2. The molecule has 1 aromatic rings. The number of carbonyl (C=O) groups is 1. The quantitative estimate of drug-likeness (QED) is 0.869. The molecule has 0 aliphatic heterocycles. The molecule has 5 nitrogen and oxygen atoms in total. The van der Waals surface area contributed by atoms with Gasteiger partial charge >= 0.3 is 0 Å². The molecule has 2 N–H and O–H groups in total. The van der Waals surface area contributed by atoms with Crippen LogP contribution in [0.15, 0.2) is 21.7 Å². The van der Waals surface area contributed by atoms with Crippen LogP contribution in [0, 0.1) is 0 Å². The fourth-order valence-electron chi connectivity index (χ4n) is 2.53. The Morgan fingerprint density at radius 3 is 2.48 bits per heavy atom. The Hall–Kier alpha value is -0.920. The maximum Gasteiger partial charge on any atom is 0.250 e. The number of hydrogen-bond acceptors (Lipinski definition) is 4. The monoisotopic (exact) mass is 330 g/mol. The summed E-state index contributed by atoms with van der Waals surface area (Å²) in [7, 11) is -3.56. The van der Waals surface area contributed by atoms with Crippen molar-refractivity contribution in [2.24, 2.45) is 0 Å². The molecule has 0 aromatic carbocycles. The molecule has 0 unspecified atom stereocenters. The van der Waals surface area contributed by atoms with Crippen LogP contribution in [0.1, 0.15) is 44.9 Å². The van der Waals surface area contributed by atoms with Crippen LogP contribution in [-0.4, -0.2) is 26.9 Å². The zero-order chi connectivity index (χ0) is 15.1. The molecule has 1 aliphatic rings. The Balaban J connectivity index is 1.79. The summed E-state index contributed by atoms with van der Waals surface area (Å²) < 4.78 is 26.4. The summed E-state index contributed by atoms with van der Waals surface area (Å²) in [6, 6.07) is 3.39. The molecule has 1 aromatic heterocycles. The first-order chi connectivity index (χ1) is 10.1. The zero-order valence-electron chi connectivity index (χ0n) is 12.0. The fraction of sp³-hybridized carbons (Fsp3) is 0.643. The molecule has 1 aliphatic carbocycles. The van der Waals surface area contributed by atoms with E-state index in [9.17, 15) is 13.2 Å². The van der Waals surface area contributed by atoms with Gasteiger partial charge in [-0.25, -0.2) is 13.1 Å². The molecule has 0 radical (unpaired) electrons. The lowest BCUT2D eigenvalue weighted by molar-refractivity contribution is -0.120. The first-order valence-electron chi connectivity index (χ1n) is 7.40. The van der Waals surface area contributed by atoms with Gasteiger partial charge in [0.2, 0.25) is 5.91 Å². The van der Waals surface area contributed by atoms with Gasteiger partial charge in [0.1, 0.15) is 4.21 Å². The molecule has 1 amide bonds. The summed E-state index contributed by atoms with van der Waals surface area (Å²) >= 11 is 1.14. The van der Waals surface area contributed by atoms with Crippen molar-refractivity contribution >= 4 is 27.3 Å². The maximum atomic E-state index is 11.9. The van der Waals surface area contributed by atoms with Crippen molar-refractivity contribution in [3.63, 3.8) is 0 Å². The standard InChI is InChI=1S/C14H22N2O3S2/c17-13(16-12-7-4-2-1-3-5-8-12)11-15-21(18,19)14-9-6-10-20-14/h6,9-10,12,15H,1-5,7-8,11H2,(H,16,17). The second-order valence-corrected chi connectivity index (χ2v) is 8.31. The highest BCUT2D eigenvalue weighted by molar-refractivity contribution is 7.91. The van der Waals surface area contributed by atoms with E-state index in [-0.39, 0.29) is 22.7 Å². The molecular weight excluding hydrogens is 308 g/mol. The van der Waals surface area contributed by atoms with E-state index in [0.717, 1.165) is 37.0 Å². The van der Waals surface area contributed by atoms with Gasteiger partial charge in [0.25, 0.3) is 10.0 Å². The van der Waals surface area contributed by atoms with Crippen molar-refractivity contribution in [3.05, 3.63) is 17.5 Å². The van der Waals surface area contributed by atoms with E-state index in [1.165, 1.54) is 25.3 Å². The van der Waals surface area contributed by atoms with Gasteiger partial charge in [-0.1, -0.05) is 38.2 Å². The molecule has 0 spiro atoms. The van der Waals surface area contributed by atoms with Crippen LogP contribution in [0.5, 0.6) is 0 Å². The Labute approximate surface area is 130 Å². The third-order valence-corrected chi connectivity index (χ3v) is 6.45. The van der Waals surface area contributed by atoms with Crippen molar-refractivity contribution in [3.8, 4) is 0 Å². The first kappa shape index (κ1) is 16.5. The van der Waals surface area contributed by atoms with Crippen LogP contribution in [0.2, 0.25) is 0 Å². The van der Waals surface area contributed by atoms with E-state index in [1.54, 1.807) is 11.4 Å². The third-order valence-electron chi connectivity index (χ3n) is 3.65. The maximum absolute atomic E-state index is 11.9. The summed E-state index contributed by atoms with van der Waals surface area (Å²) in [5.41, 5.74) is 0.